The summed E-state index contributed by atoms with van der Waals surface area (Å²) in [5, 5.41) is 35.2. The summed E-state index contributed by atoms with van der Waals surface area (Å²) < 4.78 is 0. The number of carbonyl (C=O) groups is 7. The van der Waals surface area contributed by atoms with Crippen LogP contribution in [-0.4, -0.2) is 127 Å². The highest BCUT2D eigenvalue weighted by molar-refractivity contribution is 6.27. The molecule has 8 N–H and O–H groups in total. The lowest BCUT2D eigenvalue weighted by Crippen LogP contribution is -2.76. The van der Waals surface area contributed by atoms with Gasteiger partial charge >= 0.3 is 5.97 Å². The fraction of sp³-hybridized carbons (Fsp3) is 0.667. The Morgan fingerprint density at radius 3 is 2.36 bits per heavy atom. The number of aliphatic hydroxyl groups excluding tert-OH is 2. The Hall–Kier alpha value is -4.16. The van der Waals surface area contributed by atoms with Crippen LogP contribution in [0.15, 0.2) is 5.10 Å². The van der Waals surface area contributed by atoms with Crippen LogP contribution in [0.1, 0.15) is 46.5 Å². The topological polar surface area (TPSA) is 276 Å². The lowest BCUT2D eigenvalue weighted by Gasteiger charge is -2.52. The molecule has 2 fully saturated rings. The molecule has 2 aliphatic heterocycles. The second-order valence-corrected chi connectivity index (χ2v) is 10.4. The third kappa shape index (κ3) is 7.98. The lowest BCUT2D eigenvalue weighted by atomic mass is 9.97. The average molecular weight is 598 g/mol. The molecular weight excluding hydrogens is 560 g/mol. The molecule has 18 nitrogen and oxygen atoms in total. The molecule has 0 aromatic rings. The summed E-state index contributed by atoms with van der Waals surface area (Å²) in [4.78, 5) is 88.0. The molecular formula is C24H37N8O10. The fourth-order valence-corrected chi connectivity index (χ4v) is 4.55. The van der Waals surface area contributed by atoms with E-state index in [1.165, 1.54) is 6.92 Å². The number of aliphatic carboxylic acids is 1. The van der Waals surface area contributed by atoms with E-state index in [1.807, 2.05) is 0 Å². The van der Waals surface area contributed by atoms with Crippen molar-refractivity contribution in [2.75, 3.05) is 13.2 Å². The Kier molecular flexibility index (Phi) is 11.9. The van der Waals surface area contributed by atoms with Crippen LogP contribution in [0, 0.1) is 5.92 Å². The smallest absolute Gasteiger partial charge is 0.328 e. The van der Waals surface area contributed by atoms with Crippen molar-refractivity contribution >= 4 is 47.6 Å². The number of hydrazone groups is 1. The standard InChI is InChI=1S/C24H37N8O10/c1-11(2)7-15(31-22(39)16(8-17(25)35)32(31)23(40)19(26)12(3)34)21(38)29-27-9-18(36)30-6-4-5-14(30)20(37)28-13(10-33)24(41)42/h9,11-16,19,26,33-34H,4-8,10H2,1-3H3,(H2,25,35)(H,28,37)(H,29,38)(H,41,42)/b27-9+/t12-,13-,14-,15-,16-,19-/m0/s1. The number of nitrogens with one attached hydrogen (secondary N) is 3. The van der Waals surface area contributed by atoms with E-state index in [1.54, 1.807) is 13.8 Å². The Bertz CT molecular complexity index is 1110. The summed E-state index contributed by atoms with van der Waals surface area (Å²) in [7, 11) is 0. The molecule has 18 heteroatoms. The van der Waals surface area contributed by atoms with E-state index in [-0.39, 0.29) is 25.3 Å². The number of carboxylic acid groups (broad SMARTS) is 1. The Balaban J connectivity index is 2.19. The summed E-state index contributed by atoms with van der Waals surface area (Å²) in [6.45, 7) is 3.96. The zero-order valence-electron chi connectivity index (χ0n) is 23.4. The van der Waals surface area contributed by atoms with Crippen LogP contribution in [0.5, 0.6) is 0 Å². The van der Waals surface area contributed by atoms with Crippen molar-refractivity contribution in [3.05, 3.63) is 0 Å². The van der Waals surface area contributed by atoms with E-state index >= 15 is 0 Å². The van der Waals surface area contributed by atoms with Gasteiger partial charge in [0.1, 0.15) is 36.4 Å². The van der Waals surface area contributed by atoms with E-state index in [9.17, 15) is 38.7 Å². The van der Waals surface area contributed by atoms with Gasteiger partial charge in [0.25, 0.3) is 23.6 Å². The first-order chi connectivity index (χ1) is 19.6. The first-order valence-corrected chi connectivity index (χ1v) is 13.2. The molecule has 1 radical (unpaired) electrons. The number of hydrazine groups is 1. The van der Waals surface area contributed by atoms with Gasteiger partial charge in [-0.3, -0.25) is 28.8 Å². The monoisotopic (exact) mass is 597 g/mol. The van der Waals surface area contributed by atoms with Crippen LogP contribution in [0.4, 0.5) is 0 Å². The molecule has 2 saturated heterocycles. The Morgan fingerprint density at radius 1 is 1.19 bits per heavy atom. The number of rotatable bonds is 14. The Morgan fingerprint density at radius 2 is 1.83 bits per heavy atom. The first kappa shape index (κ1) is 34.0. The molecule has 6 atom stereocenters. The largest absolute Gasteiger partial charge is 0.480 e. The van der Waals surface area contributed by atoms with Gasteiger partial charge in [0, 0.05) is 6.54 Å². The SMILES string of the molecule is CC(C)C[C@@H](C(=O)N/N=C/C(=O)N1CCC[C@H]1C(=O)N[C@@H](CO)C(=O)O)N1C(=O)[C@H](CC(N)=O)N1C(=O)[C@@H]([NH])[C@H](C)O. The molecule has 0 bridgehead atoms. The second-order valence-electron chi connectivity index (χ2n) is 10.4. The summed E-state index contributed by atoms with van der Waals surface area (Å²) in [5.41, 5.74) is 15.3. The van der Waals surface area contributed by atoms with Crippen LogP contribution < -0.4 is 22.2 Å². The van der Waals surface area contributed by atoms with Gasteiger partial charge in [-0.05, 0) is 32.1 Å². The van der Waals surface area contributed by atoms with E-state index in [0.29, 0.717) is 6.42 Å². The van der Waals surface area contributed by atoms with Gasteiger partial charge in [0.05, 0.1) is 19.1 Å². The first-order valence-electron chi connectivity index (χ1n) is 13.2. The summed E-state index contributed by atoms with van der Waals surface area (Å²) in [5.74, 6) is -6.83. The van der Waals surface area contributed by atoms with Crippen molar-refractivity contribution in [1.82, 2.24) is 31.4 Å². The highest BCUT2D eigenvalue weighted by atomic mass is 16.4. The van der Waals surface area contributed by atoms with Gasteiger partial charge in [-0.2, -0.15) is 5.10 Å². The number of carbonyl (C=O) groups excluding carboxylic acids is 6. The van der Waals surface area contributed by atoms with Crippen molar-refractivity contribution in [2.24, 2.45) is 16.8 Å². The predicted molar refractivity (Wildman–Crippen MR) is 141 cm³/mol. The zero-order chi connectivity index (χ0) is 31.9. The van der Waals surface area contributed by atoms with Gasteiger partial charge in [0.2, 0.25) is 11.8 Å². The van der Waals surface area contributed by atoms with Crippen LogP contribution in [0.25, 0.3) is 0 Å². The molecule has 0 saturated carbocycles. The number of nitrogens with two attached hydrogens (primary N) is 1. The van der Waals surface area contributed by atoms with Gasteiger partial charge in [-0.25, -0.2) is 26.0 Å². The number of likely N-dealkylation sites (tertiary alicyclic amines) is 1. The summed E-state index contributed by atoms with van der Waals surface area (Å²) in [6.07, 6.45) is -0.605. The third-order valence-corrected chi connectivity index (χ3v) is 6.68. The van der Waals surface area contributed by atoms with Gasteiger partial charge < -0.3 is 31.3 Å². The molecule has 2 rings (SSSR count). The molecule has 0 aromatic carbocycles. The van der Waals surface area contributed by atoms with Crippen LogP contribution >= 0.6 is 0 Å². The van der Waals surface area contributed by atoms with E-state index in [0.717, 1.165) is 21.1 Å². The van der Waals surface area contributed by atoms with Gasteiger partial charge in [-0.1, -0.05) is 13.8 Å². The number of amides is 6. The number of hydrogen-bond acceptors (Lipinski definition) is 10. The number of nitrogens with zero attached hydrogens (tertiary/aromatic N) is 4. The molecule has 0 spiro atoms. The molecule has 233 valence electrons. The number of carboxylic acids is 1. The molecule has 0 aliphatic carbocycles. The highest BCUT2D eigenvalue weighted by Gasteiger charge is 2.54. The number of primary amides is 1. The molecule has 2 heterocycles. The maximum Gasteiger partial charge on any atom is 0.328 e. The third-order valence-electron chi connectivity index (χ3n) is 6.68. The fourth-order valence-electron chi connectivity index (χ4n) is 4.55. The number of aliphatic hydroxyl groups is 2. The molecule has 0 aromatic heterocycles. The predicted octanol–water partition coefficient (Wildman–Crippen LogP) is -4.08. The van der Waals surface area contributed by atoms with E-state index < -0.39 is 90.8 Å². The zero-order valence-corrected chi connectivity index (χ0v) is 23.4. The van der Waals surface area contributed by atoms with E-state index in [2.05, 4.69) is 15.8 Å². The molecule has 0 unspecified atom stereocenters. The van der Waals surface area contributed by atoms with Crippen LogP contribution in [-0.2, 0) is 33.6 Å². The van der Waals surface area contributed by atoms with Gasteiger partial charge in [0.15, 0.2) is 0 Å². The quantitative estimate of drug-likeness (QED) is 0.0831. The minimum Gasteiger partial charge on any atom is -0.480 e. The van der Waals surface area contributed by atoms with E-state index in [4.69, 9.17) is 21.7 Å². The number of hydrogen-bond donors (Lipinski definition) is 6. The van der Waals surface area contributed by atoms with Crippen molar-refractivity contribution in [3.63, 3.8) is 0 Å². The minimum atomic E-state index is -1.72. The van der Waals surface area contributed by atoms with Crippen LogP contribution in [0.2, 0.25) is 0 Å². The molecule has 42 heavy (non-hydrogen) atoms. The highest BCUT2D eigenvalue weighted by Crippen LogP contribution is 2.30. The van der Waals surface area contributed by atoms with Crippen molar-refractivity contribution in [3.8, 4) is 0 Å². The second kappa shape index (κ2) is 14.6. The van der Waals surface area contributed by atoms with Gasteiger partial charge in [-0.15, -0.1) is 0 Å². The average Bonchev–Trinajstić information content (AvgIpc) is 3.41. The maximum atomic E-state index is 13.1. The van der Waals surface area contributed by atoms with Crippen LogP contribution in [0.3, 0.4) is 0 Å². The van der Waals surface area contributed by atoms with Crippen molar-refractivity contribution in [1.29, 1.82) is 0 Å². The Labute approximate surface area is 241 Å². The molecule has 2 aliphatic rings. The van der Waals surface area contributed by atoms with Crippen molar-refractivity contribution < 1.29 is 48.9 Å². The minimum absolute atomic E-state index is 0.00935. The molecule has 6 amide bonds. The maximum absolute atomic E-state index is 13.1. The lowest BCUT2D eigenvalue weighted by molar-refractivity contribution is -0.212. The van der Waals surface area contributed by atoms with Crippen molar-refractivity contribution in [2.45, 2.75) is 82.8 Å². The normalized spacial score (nSPS) is 21.5. The summed E-state index contributed by atoms with van der Waals surface area (Å²) in [6, 6.07) is -7.02. The summed E-state index contributed by atoms with van der Waals surface area (Å²) >= 11 is 0.